The van der Waals surface area contributed by atoms with Crippen LogP contribution in [0.5, 0.6) is 5.75 Å². The highest BCUT2D eigenvalue weighted by molar-refractivity contribution is 5.90. The molecule has 3 rings (SSSR count). The molecule has 0 radical (unpaired) electrons. The fourth-order valence-corrected chi connectivity index (χ4v) is 4.34. The maximum Gasteiger partial charge on any atom is 0.573 e. The zero-order valence-corrected chi connectivity index (χ0v) is 23.1. The Balaban J connectivity index is 1.69. The summed E-state index contributed by atoms with van der Waals surface area (Å²) in [6.45, 7) is 0.208. The molecule has 1 heterocycles. The number of rotatable bonds is 11. The summed E-state index contributed by atoms with van der Waals surface area (Å²) in [4.78, 5) is 39.9. The number of likely N-dealkylation sites (tertiary alicyclic amines) is 1. The van der Waals surface area contributed by atoms with Gasteiger partial charge in [0.1, 0.15) is 17.9 Å². The van der Waals surface area contributed by atoms with E-state index in [0.717, 1.165) is 24.3 Å². The second-order valence-corrected chi connectivity index (χ2v) is 10.2. The number of hydrogen-bond donors (Lipinski definition) is 6. The van der Waals surface area contributed by atoms with Gasteiger partial charge in [-0.1, -0.05) is 24.3 Å². The quantitative estimate of drug-likeness (QED) is 0.198. The highest BCUT2D eigenvalue weighted by atomic mass is 19.4. The topological polar surface area (TPSA) is 186 Å². The standard InChI is InChI=1S/C27H32F6N6O5/c28-26(29,30)16-5-3-15(4-6-16)23(41)22(25(43)37-11-14-1-7-17(8-2-14)44-27(31,32)33)38-24(42)18(34)9-10-21(40)39-12-19(35)20(36)13-39/h1-8,18-20,22-23,41H,9-13,34-36H2,(H,37,43)(H,38,42)/t18-,19-,20+,22?,23+/m0/s1. The minimum Gasteiger partial charge on any atom is -0.406 e. The molecule has 0 aliphatic carbocycles. The molecule has 1 saturated heterocycles. The number of benzene rings is 2. The SMILES string of the molecule is N[C@@H]1CN(C(=O)CC[C@H](N)C(=O)NC(C(=O)NCc2ccc(OC(F)(F)F)cc2)[C@H](O)c2ccc(C(F)(F)F)cc2)C[C@@H]1N. The first kappa shape index (κ1) is 34.6. The van der Waals surface area contributed by atoms with Crippen LogP contribution in [0.4, 0.5) is 26.3 Å². The molecule has 1 aliphatic heterocycles. The fraction of sp³-hybridized carbons (Fsp3) is 0.444. The number of nitrogens with two attached hydrogens (primary N) is 3. The Labute approximate surface area is 247 Å². The summed E-state index contributed by atoms with van der Waals surface area (Å²) in [5.74, 6) is -2.77. The molecule has 0 aromatic heterocycles. The molecule has 11 nitrogen and oxygen atoms in total. The zero-order valence-electron chi connectivity index (χ0n) is 23.1. The van der Waals surface area contributed by atoms with Gasteiger partial charge in [-0.15, -0.1) is 13.2 Å². The average Bonchev–Trinajstić information content (AvgIpc) is 3.29. The van der Waals surface area contributed by atoms with E-state index >= 15 is 0 Å². The molecular weight excluding hydrogens is 602 g/mol. The van der Waals surface area contributed by atoms with Gasteiger partial charge in [0.15, 0.2) is 0 Å². The number of nitrogens with one attached hydrogen (secondary N) is 2. The number of carbonyl (C=O) groups is 3. The summed E-state index contributed by atoms with van der Waals surface area (Å²) in [7, 11) is 0. The smallest absolute Gasteiger partial charge is 0.406 e. The van der Waals surface area contributed by atoms with Gasteiger partial charge in [-0.3, -0.25) is 14.4 Å². The number of ether oxygens (including phenoxy) is 1. The van der Waals surface area contributed by atoms with Crippen LogP contribution in [0, 0.1) is 0 Å². The lowest BCUT2D eigenvalue weighted by Crippen LogP contribution is -2.54. The van der Waals surface area contributed by atoms with Crippen molar-refractivity contribution in [2.75, 3.05) is 13.1 Å². The maximum atomic E-state index is 13.1. The van der Waals surface area contributed by atoms with Gasteiger partial charge in [0.2, 0.25) is 17.7 Å². The molecule has 3 amide bonds. The Kier molecular flexibility index (Phi) is 11.2. The van der Waals surface area contributed by atoms with E-state index in [1.807, 2.05) is 0 Å². The number of halogens is 6. The molecule has 0 bridgehead atoms. The third kappa shape index (κ3) is 9.80. The first-order chi connectivity index (χ1) is 20.4. The van der Waals surface area contributed by atoms with E-state index < -0.39 is 65.9 Å². The van der Waals surface area contributed by atoms with Gasteiger partial charge in [-0.25, -0.2) is 0 Å². The van der Waals surface area contributed by atoms with E-state index in [1.54, 1.807) is 0 Å². The molecule has 1 fully saturated rings. The fourth-order valence-electron chi connectivity index (χ4n) is 4.34. The van der Waals surface area contributed by atoms with Crippen LogP contribution in [-0.2, 0) is 27.1 Å². The number of aliphatic hydroxyl groups excluding tert-OH is 1. The summed E-state index contributed by atoms with van der Waals surface area (Å²) in [6.07, 6.45) is -11.7. The number of nitrogens with zero attached hydrogens (tertiary/aromatic N) is 1. The van der Waals surface area contributed by atoms with E-state index in [0.29, 0.717) is 17.7 Å². The molecule has 44 heavy (non-hydrogen) atoms. The lowest BCUT2D eigenvalue weighted by Gasteiger charge is -2.26. The van der Waals surface area contributed by atoms with Crippen LogP contribution in [0.3, 0.4) is 0 Å². The van der Waals surface area contributed by atoms with Crippen molar-refractivity contribution in [2.24, 2.45) is 17.2 Å². The summed E-state index contributed by atoms with van der Waals surface area (Å²) in [5.41, 5.74) is 16.7. The molecule has 5 atom stereocenters. The molecule has 2 aromatic rings. The van der Waals surface area contributed by atoms with E-state index in [-0.39, 0.29) is 43.9 Å². The number of amides is 3. The van der Waals surface area contributed by atoms with Crippen molar-refractivity contribution in [1.29, 1.82) is 0 Å². The monoisotopic (exact) mass is 634 g/mol. The minimum absolute atomic E-state index is 0.141. The van der Waals surface area contributed by atoms with Crippen molar-refractivity contribution in [1.82, 2.24) is 15.5 Å². The minimum atomic E-state index is -4.90. The second kappa shape index (κ2) is 14.2. The Morgan fingerprint density at radius 3 is 2.02 bits per heavy atom. The Morgan fingerprint density at radius 1 is 0.932 bits per heavy atom. The summed E-state index contributed by atoms with van der Waals surface area (Å²) >= 11 is 0. The van der Waals surface area contributed by atoms with Crippen molar-refractivity contribution in [3.8, 4) is 5.75 Å². The van der Waals surface area contributed by atoms with Crippen LogP contribution < -0.4 is 32.6 Å². The Hall–Kier alpha value is -3.93. The highest BCUT2D eigenvalue weighted by Crippen LogP contribution is 2.30. The normalized spacial score (nSPS) is 19.2. The number of hydrogen-bond acceptors (Lipinski definition) is 8. The van der Waals surface area contributed by atoms with Gasteiger partial charge < -0.3 is 42.6 Å². The molecule has 0 saturated carbocycles. The first-order valence-electron chi connectivity index (χ1n) is 13.3. The molecule has 1 unspecified atom stereocenters. The Morgan fingerprint density at radius 2 is 1.50 bits per heavy atom. The lowest BCUT2D eigenvalue weighted by molar-refractivity contribution is -0.274. The van der Waals surface area contributed by atoms with Crippen molar-refractivity contribution in [3.05, 3.63) is 65.2 Å². The van der Waals surface area contributed by atoms with Gasteiger partial charge in [0, 0.05) is 38.1 Å². The van der Waals surface area contributed by atoms with Crippen LogP contribution in [0.15, 0.2) is 48.5 Å². The zero-order chi connectivity index (χ0) is 32.8. The second-order valence-electron chi connectivity index (χ2n) is 10.2. The third-order valence-corrected chi connectivity index (χ3v) is 6.87. The molecule has 0 spiro atoms. The third-order valence-electron chi connectivity index (χ3n) is 6.87. The predicted octanol–water partition coefficient (Wildman–Crippen LogP) is 1.04. The average molecular weight is 635 g/mol. The number of alkyl halides is 6. The maximum absolute atomic E-state index is 13.1. The van der Waals surface area contributed by atoms with Gasteiger partial charge >= 0.3 is 12.5 Å². The van der Waals surface area contributed by atoms with Crippen LogP contribution in [0.1, 0.15) is 35.6 Å². The molecule has 17 heteroatoms. The first-order valence-corrected chi connectivity index (χ1v) is 13.3. The highest BCUT2D eigenvalue weighted by Gasteiger charge is 2.35. The largest absolute Gasteiger partial charge is 0.573 e. The van der Waals surface area contributed by atoms with E-state index in [9.17, 15) is 45.8 Å². The number of aliphatic hydroxyl groups is 1. The van der Waals surface area contributed by atoms with Gasteiger partial charge in [-0.2, -0.15) is 13.2 Å². The van der Waals surface area contributed by atoms with Gasteiger partial charge in [0.25, 0.3) is 0 Å². The molecule has 2 aromatic carbocycles. The summed E-state index contributed by atoms with van der Waals surface area (Å²) in [5, 5.41) is 15.6. The van der Waals surface area contributed by atoms with Crippen molar-refractivity contribution < 1.29 is 50.6 Å². The number of carbonyl (C=O) groups excluding carboxylic acids is 3. The summed E-state index contributed by atoms with van der Waals surface area (Å²) in [6, 6.07) is 3.85. The van der Waals surface area contributed by atoms with E-state index in [2.05, 4.69) is 15.4 Å². The van der Waals surface area contributed by atoms with Crippen LogP contribution >= 0.6 is 0 Å². The van der Waals surface area contributed by atoms with Crippen molar-refractivity contribution in [3.63, 3.8) is 0 Å². The molecule has 9 N–H and O–H groups in total. The van der Waals surface area contributed by atoms with Crippen LogP contribution in [-0.4, -0.2) is 71.3 Å². The molecular formula is C27H32F6N6O5. The Bertz CT molecular complexity index is 1280. The van der Waals surface area contributed by atoms with Crippen molar-refractivity contribution >= 4 is 17.7 Å². The summed E-state index contributed by atoms with van der Waals surface area (Å²) < 4.78 is 80.0. The molecule has 1 aliphatic rings. The lowest BCUT2D eigenvalue weighted by atomic mass is 9.99. The van der Waals surface area contributed by atoms with Gasteiger partial charge in [0.05, 0.1) is 11.6 Å². The van der Waals surface area contributed by atoms with Crippen LogP contribution in [0.25, 0.3) is 0 Å². The molecule has 242 valence electrons. The van der Waals surface area contributed by atoms with Crippen molar-refractivity contribution in [2.45, 2.75) is 62.2 Å². The van der Waals surface area contributed by atoms with E-state index in [4.69, 9.17) is 17.2 Å². The van der Waals surface area contributed by atoms with Crippen LogP contribution in [0.2, 0.25) is 0 Å². The van der Waals surface area contributed by atoms with Gasteiger partial charge in [-0.05, 0) is 41.8 Å². The van der Waals surface area contributed by atoms with E-state index in [1.165, 1.54) is 17.0 Å². The predicted molar refractivity (Wildman–Crippen MR) is 143 cm³/mol.